The van der Waals surface area contributed by atoms with Gasteiger partial charge in [0.15, 0.2) is 0 Å². The normalized spacial score (nSPS) is 10.4. The van der Waals surface area contributed by atoms with E-state index >= 15 is 0 Å². The summed E-state index contributed by atoms with van der Waals surface area (Å²) in [5.41, 5.74) is 1.66. The van der Waals surface area contributed by atoms with Gasteiger partial charge in [-0.25, -0.2) is 4.79 Å². The topological polar surface area (TPSA) is 94.5 Å². The third kappa shape index (κ3) is 3.82. The molecule has 0 radical (unpaired) electrons. The number of nitrogens with zero attached hydrogens (tertiary/aromatic N) is 1. The second-order valence-corrected chi connectivity index (χ2v) is 5.78. The highest BCUT2D eigenvalue weighted by atomic mass is 16.6. The fourth-order valence-electron chi connectivity index (χ4n) is 2.72. The molecule has 0 aliphatic carbocycles. The molecule has 0 atom stereocenters. The fraction of sp³-hybridized carbons (Fsp3) is 0.150. The average Bonchev–Trinajstić information content (AvgIpc) is 3.13. The number of carbonyl (C=O) groups excluding carboxylic acids is 1. The van der Waals surface area contributed by atoms with Gasteiger partial charge in [0.2, 0.25) is 0 Å². The van der Waals surface area contributed by atoms with E-state index in [4.69, 9.17) is 9.47 Å². The van der Waals surface area contributed by atoms with Gasteiger partial charge < -0.3 is 14.5 Å². The number of aromatic amines is 1. The SMILES string of the molecule is CCc1cc(C(=O)Oc2ccc(OC)cc2)c(-c2ccccc2[N+](=O)[O-])[nH]1. The van der Waals surface area contributed by atoms with Crippen LogP contribution in [0, 0.1) is 10.1 Å². The Kier molecular flexibility index (Phi) is 5.21. The Balaban J connectivity index is 1.99. The van der Waals surface area contributed by atoms with Crippen molar-refractivity contribution in [3.05, 3.63) is 76.0 Å². The molecule has 1 N–H and O–H groups in total. The quantitative estimate of drug-likeness (QED) is 0.302. The highest BCUT2D eigenvalue weighted by molar-refractivity contribution is 5.99. The van der Waals surface area contributed by atoms with Crippen LogP contribution in [0.1, 0.15) is 23.0 Å². The van der Waals surface area contributed by atoms with Gasteiger partial charge in [0, 0.05) is 11.8 Å². The van der Waals surface area contributed by atoms with Crippen LogP contribution in [-0.2, 0) is 6.42 Å². The number of nitrogens with one attached hydrogen (secondary N) is 1. The van der Waals surface area contributed by atoms with Gasteiger partial charge in [-0.05, 0) is 42.8 Å². The van der Waals surface area contributed by atoms with E-state index in [-0.39, 0.29) is 11.3 Å². The summed E-state index contributed by atoms with van der Waals surface area (Å²) in [5.74, 6) is 0.406. The van der Waals surface area contributed by atoms with Gasteiger partial charge in [-0.2, -0.15) is 0 Å². The van der Waals surface area contributed by atoms with E-state index in [1.165, 1.54) is 6.07 Å². The number of carbonyl (C=O) groups is 1. The van der Waals surface area contributed by atoms with E-state index in [1.807, 2.05) is 6.92 Å². The molecule has 0 saturated heterocycles. The zero-order valence-corrected chi connectivity index (χ0v) is 14.9. The third-order valence-electron chi connectivity index (χ3n) is 4.11. The fourth-order valence-corrected chi connectivity index (χ4v) is 2.72. The molecule has 138 valence electrons. The van der Waals surface area contributed by atoms with Crippen LogP contribution in [0.15, 0.2) is 54.6 Å². The standard InChI is InChI=1S/C20H18N2O5/c1-3-13-12-17(20(23)27-15-10-8-14(26-2)9-11-15)19(21-13)16-6-4-5-7-18(16)22(24)25/h4-12,21H,3H2,1-2H3. The maximum absolute atomic E-state index is 12.7. The molecule has 1 heterocycles. The molecule has 0 unspecified atom stereocenters. The van der Waals surface area contributed by atoms with Gasteiger partial charge in [-0.3, -0.25) is 10.1 Å². The number of ether oxygens (including phenoxy) is 2. The minimum Gasteiger partial charge on any atom is -0.497 e. The molecule has 3 aromatic rings. The third-order valence-corrected chi connectivity index (χ3v) is 4.11. The highest BCUT2D eigenvalue weighted by Gasteiger charge is 2.24. The van der Waals surface area contributed by atoms with E-state index in [0.717, 1.165) is 5.69 Å². The summed E-state index contributed by atoms with van der Waals surface area (Å²) >= 11 is 0. The molecule has 0 aliphatic rings. The van der Waals surface area contributed by atoms with Crippen LogP contribution in [0.4, 0.5) is 5.69 Å². The molecule has 7 heteroatoms. The maximum atomic E-state index is 12.7. The van der Waals surface area contributed by atoms with Crippen molar-refractivity contribution in [3.8, 4) is 22.8 Å². The van der Waals surface area contributed by atoms with E-state index < -0.39 is 10.9 Å². The van der Waals surface area contributed by atoms with Crippen molar-refractivity contribution in [2.75, 3.05) is 7.11 Å². The van der Waals surface area contributed by atoms with Gasteiger partial charge in [-0.15, -0.1) is 0 Å². The number of nitro benzene ring substituents is 1. The Morgan fingerprint density at radius 2 is 1.78 bits per heavy atom. The largest absolute Gasteiger partial charge is 0.497 e. The van der Waals surface area contributed by atoms with Gasteiger partial charge in [-0.1, -0.05) is 19.1 Å². The van der Waals surface area contributed by atoms with Crippen LogP contribution in [-0.4, -0.2) is 23.0 Å². The zero-order chi connectivity index (χ0) is 19.4. The van der Waals surface area contributed by atoms with Crippen LogP contribution in [0.2, 0.25) is 0 Å². The van der Waals surface area contributed by atoms with Crippen LogP contribution in [0.3, 0.4) is 0 Å². The molecular formula is C20H18N2O5. The molecule has 0 bridgehead atoms. The summed E-state index contributed by atoms with van der Waals surface area (Å²) in [6.45, 7) is 1.92. The summed E-state index contributed by atoms with van der Waals surface area (Å²) in [6.07, 6.45) is 0.642. The number of aromatic nitrogens is 1. The van der Waals surface area contributed by atoms with Crippen molar-refractivity contribution in [1.29, 1.82) is 0 Å². The van der Waals surface area contributed by atoms with Crippen molar-refractivity contribution >= 4 is 11.7 Å². The lowest BCUT2D eigenvalue weighted by atomic mass is 10.1. The van der Waals surface area contributed by atoms with E-state index in [2.05, 4.69) is 4.98 Å². The molecule has 0 aliphatic heterocycles. The van der Waals surface area contributed by atoms with Gasteiger partial charge in [0.1, 0.15) is 11.5 Å². The first kappa shape index (κ1) is 18.2. The minimum atomic E-state index is -0.593. The summed E-state index contributed by atoms with van der Waals surface area (Å²) < 4.78 is 10.5. The Morgan fingerprint density at radius 3 is 2.41 bits per heavy atom. The predicted molar refractivity (Wildman–Crippen MR) is 100 cm³/mol. The molecule has 7 nitrogen and oxygen atoms in total. The smallest absolute Gasteiger partial charge is 0.345 e. The van der Waals surface area contributed by atoms with Crippen LogP contribution < -0.4 is 9.47 Å². The number of benzene rings is 2. The molecule has 1 aromatic heterocycles. The van der Waals surface area contributed by atoms with E-state index in [0.29, 0.717) is 29.2 Å². The lowest BCUT2D eigenvalue weighted by Gasteiger charge is -2.07. The number of methoxy groups -OCH3 is 1. The average molecular weight is 366 g/mol. The van der Waals surface area contributed by atoms with Crippen LogP contribution in [0.25, 0.3) is 11.3 Å². The monoisotopic (exact) mass is 366 g/mol. The van der Waals surface area contributed by atoms with E-state index in [1.54, 1.807) is 55.6 Å². The van der Waals surface area contributed by atoms with Crippen molar-refractivity contribution in [2.45, 2.75) is 13.3 Å². The molecule has 0 amide bonds. The van der Waals surface area contributed by atoms with Crippen LogP contribution >= 0.6 is 0 Å². The molecule has 3 rings (SSSR count). The summed E-state index contributed by atoms with van der Waals surface area (Å²) in [7, 11) is 1.55. The number of esters is 1. The molecule has 0 spiro atoms. The number of aryl methyl sites for hydroxylation is 1. The lowest BCUT2D eigenvalue weighted by Crippen LogP contribution is -2.09. The predicted octanol–water partition coefficient (Wildman–Crippen LogP) is 4.38. The highest BCUT2D eigenvalue weighted by Crippen LogP contribution is 2.32. The van der Waals surface area contributed by atoms with Gasteiger partial charge in [0.05, 0.1) is 28.9 Å². The maximum Gasteiger partial charge on any atom is 0.345 e. The summed E-state index contributed by atoms with van der Waals surface area (Å²) in [6, 6.07) is 14.5. The molecular weight excluding hydrogens is 348 g/mol. The number of H-pyrrole nitrogens is 1. The molecule has 0 fully saturated rings. The number of hydrogen-bond acceptors (Lipinski definition) is 5. The number of para-hydroxylation sites is 1. The van der Waals surface area contributed by atoms with Crippen molar-refractivity contribution < 1.29 is 19.2 Å². The second-order valence-electron chi connectivity index (χ2n) is 5.78. The Morgan fingerprint density at radius 1 is 1.11 bits per heavy atom. The van der Waals surface area contributed by atoms with Gasteiger partial charge in [0.25, 0.3) is 5.69 Å². The first-order chi connectivity index (χ1) is 13.0. The Bertz CT molecular complexity index is 976. The minimum absolute atomic E-state index is 0.0829. The van der Waals surface area contributed by atoms with Crippen molar-refractivity contribution in [3.63, 3.8) is 0 Å². The summed E-state index contributed by atoms with van der Waals surface area (Å²) in [4.78, 5) is 26.7. The molecule has 0 saturated carbocycles. The van der Waals surface area contributed by atoms with Crippen molar-refractivity contribution in [2.24, 2.45) is 0 Å². The van der Waals surface area contributed by atoms with Crippen LogP contribution in [0.5, 0.6) is 11.5 Å². The lowest BCUT2D eigenvalue weighted by molar-refractivity contribution is -0.384. The van der Waals surface area contributed by atoms with E-state index in [9.17, 15) is 14.9 Å². The molecule has 27 heavy (non-hydrogen) atoms. The Hall–Kier alpha value is -3.61. The first-order valence-corrected chi connectivity index (χ1v) is 8.35. The molecule has 2 aromatic carbocycles. The Labute approximate surface area is 155 Å². The number of hydrogen-bond donors (Lipinski definition) is 1. The zero-order valence-electron chi connectivity index (χ0n) is 14.9. The van der Waals surface area contributed by atoms with Gasteiger partial charge >= 0.3 is 5.97 Å². The summed E-state index contributed by atoms with van der Waals surface area (Å²) in [5, 5.41) is 11.4. The first-order valence-electron chi connectivity index (χ1n) is 8.35. The second kappa shape index (κ2) is 7.74. The number of rotatable bonds is 6. The van der Waals surface area contributed by atoms with Crippen molar-refractivity contribution in [1.82, 2.24) is 4.98 Å². The number of nitro groups is 1.